The summed E-state index contributed by atoms with van der Waals surface area (Å²) in [6.07, 6.45) is 1.88. The lowest BCUT2D eigenvalue weighted by molar-refractivity contribution is -0.716. The molecule has 0 fully saturated rings. The summed E-state index contributed by atoms with van der Waals surface area (Å²) in [5, 5.41) is 17.8. The highest BCUT2D eigenvalue weighted by molar-refractivity contribution is 7.99. The molecule has 0 unspecified atom stereocenters. The summed E-state index contributed by atoms with van der Waals surface area (Å²) >= 11 is 1.67. The third kappa shape index (κ3) is 3.41. The van der Waals surface area contributed by atoms with Crippen LogP contribution in [0.4, 0.5) is 0 Å². The highest BCUT2D eigenvalue weighted by Gasteiger charge is 2.26. The van der Waals surface area contributed by atoms with E-state index < -0.39 is 0 Å². The first-order valence-corrected chi connectivity index (χ1v) is 9.56. The second-order valence-electron chi connectivity index (χ2n) is 5.90. The van der Waals surface area contributed by atoms with Gasteiger partial charge in [0.15, 0.2) is 5.69 Å². The second-order valence-corrected chi connectivity index (χ2v) is 6.90. The van der Waals surface area contributed by atoms with Crippen LogP contribution in [0.25, 0.3) is 22.8 Å². The van der Waals surface area contributed by atoms with Crippen LogP contribution in [0, 0.1) is 6.92 Å². The Kier molecular flexibility index (Phi) is 4.84. The lowest BCUT2D eigenvalue weighted by atomic mass is 10.2. The van der Waals surface area contributed by atoms with Crippen molar-refractivity contribution in [1.29, 1.82) is 0 Å². The zero-order valence-corrected chi connectivity index (χ0v) is 15.7. The lowest BCUT2D eigenvalue weighted by Gasteiger charge is -2.06. The first-order valence-electron chi connectivity index (χ1n) is 8.57. The topological polar surface area (TPSA) is 63.3 Å². The Balaban J connectivity index is 1.82. The van der Waals surface area contributed by atoms with Crippen molar-refractivity contribution in [3.8, 4) is 22.8 Å². The predicted molar refractivity (Wildman–Crippen MR) is 106 cm³/mol. The number of rotatable bonds is 6. The van der Waals surface area contributed by atoms with Crippen molar-refractivity contribution in [3.63, 3.8) is 0 Å². The average molecular weight is 375 g/mol. The molecular weight excluding hydrogens is 356 g/mol. The monoisotopic (exact) mass is 375 g/mol. The number of H-pyrrole nitrogens is 1. The standard InChI is InChI=1S/C20H18N6S/c1-3-14-27-20-18(15(2)22-25(20)16-10-6-4-7-11-16)19-21-24-26(23-19)17-12-8-5-9-13-17/h3-13H,1,14H2,2H3/p+1. The van der Waals surface area contributed by atoms with E-state index in [9.17, 15) is 0 Å². The largest absolute Gasteiger partial charge is 0.343 e. The Labute approximate surface area is 161 Å². The minimum atomic E-state index is 0.616. The molecule has 2 aromatic carbocycles. The van der Waals surface area contributed by atoms with Gasteiger partial charge in [-0.2, -0.15) is 5.10 Å². The number of nitrogens with zero attached hydrogens (tertiary/aromatic N) is 5. The van der Waals surface area contributed by atoms with Gasteiger partial charge < -0.3 is 0 Å². The van der Waals surface area contributed by atoms with Gasteiger partial charge in [-0.3, -0.25) is 0 Å². The molecule has 0 amide bonds. The molecule has 0 saturated carbocycles. The number of thioether (sulfide) groups is 1. The number of aromatic amines is 1. The van der Waals surface area contributed by atoms with E-state index in [0.717, 1.165) is 33.4 Å². The predicted octanol–water partition coefficient (Wildman–Crippen LogP) is 3.52. The van der Waals surface area contributed by atoms with Crippen molar-refractivity contribution in [2.75, 3.05) is 5.75 Å². The van der Waals surface area contributed by atoms with E-state index in [1.165, 1.54) is 0 Å². The van der Waals surface area contributed by atoms with Gasteiger partial charge in [0.1, 0.15) is 10.6 Å². The number of nitrogens with one attached hydrogen (secondary N) is 1. The number of aryl methyl sites for hydroxylation is 1. The van der Waals surface area contributed by atoms with E-state index >= 15 is 0 Å². The van der Waals surface area contributed by atoms with E-state index in [1.54, 1.807) is 16.6 Å². The highest BCUT2D eigenvalue weighted by Crippen LogP contribution is 2.34. The van der Waals surface area contributed by atoms with E-state index in [2.05, 4.69) is 22.0 Å². The fourth-order valence-corrected chi connectivity index (χ4v) is 3.73. The zero-order chi connectivity index (χ0) is 18.6. The smallest absolute Gasteiger partial charge is 0.226 e. The van der Waals surface area contributed by atoms with Crippen LogP contribution in [-0.4, -0.2) is 30.9 Å². The van der Waals surface area contributed by atoms with E-state index in [0.29, 0.717) is 5.82 Å². The van der Waals surface area contributed by atoms with Gasteiger partial charge in [-0.15, -0.1) is 18.3 Å². The first-order chi connectivity index (χ1) is 13.3. The quantitative estimate of drug-likeness (QED) is 0.318. The maximum absolute atomic E-state index is 4.75. The van der Waals surface area contributed by atoms with Gasteiger partial charge in [-0.05, 0) is 46.3 Å². The molecule has 7 heteroatoms. The summed E-state index contributed by atoms with van der Waals surface area (Å²) in [5.41, 5.74) is 3.73. The molecule has 6 nitrogen and oxygen atoms in total. The van der Waals surface area contributed by atoms with Crippen LogP contribution in [0.3, 0.4) is 0 Å². The minimum absolute atomic E-state index is 0.616. The summed E-state index contributed by atoms with van der Waals surface area (Å²) in [5.74, 6) is 1.39. The minimum Gasteiger partial charge on any atom is -0.226 e. The molecule has 0 aliphatic heterocycles. The van der Waals surface area contributed by atoms with Crippen LogP contribution in [-0.2, 0) is 0 Å². The van der Waals surface area contributed by atoms with Crippen molar-refractivity contribution in [1.82, 2.24) is 25.2 Å². The summed E-state index contributed by atoms with van der Waals surface area (Å²) in [4.78, 5) is 1.66. The van der Waals surface area contributed by atoms with Gasteiger partial charge in [0.05, 0.1) is 16.5 Å². The molecule has 27 heavy (non-hydrogen) atoms. The summed E-state index contributed by atoms with van der Waals surface area (Å²) in [6, 6.07) is 19.9. The molecule has 0 bridgehead atoms. The van der Waals surface area contributed by atoms with Gasteiger partial charge in [-0.1, -0.05) is 42.5 Å². The van der Waals surface area contributed by atoms with E-state index in [-0.39, 0.29) is 0 Å². The summed E-state index contributed by atoms with van der Waals surface area (Å²) < 4.78 is 1.95. The second kappa shape index (κ2) is 7.59. The molecule has 0 atom stereocenters. The Morgan fingerprint density at radius 3 is 2.52 bits per heavy atom. The molecule has 1 N–H and O–H groups in total. The van der Waals surface area contributed by atoms with Gasteiger partial charge in [-0.25, -0.2) is 4.68 Å². The van der Waals surface area contributed by atoms with Gasteiger partial charge in [0.25, 0.3) is 0 Å². The van der Waals surface area contributed by atoms with Crippen molar-refractivity contribution in [2.24, 2.45) is 0 Å². The molecular formula is C20H19N6S+. The Morgan fingerprint density at radius 2 is 1.81 bits per heavy atom. The number of hydrogen-bond donors (Lipinski definition) is 1. The van der Waals surface area contributed by atoms with Gasteiger partial charge in [0, 0.05) is 5.75 Å². The highest BCUT2D eigenvalue weighted by atomic mass is 32.2. The third-order valence-corrected chi connectivity index (χ3v) is 5.08. The number of hydrogen-bond acceptors (Lipinski definition) is 4. The molecule has 0 saturated heterocycles. The molecule has 0 aliphatic rings. The summed E-state index contributed by atoms with van der Waals surface area (Å²) in [7, 11) is 0. The molecule has 4 rings (SSSR count). The van der Waals surface area contributed by atoms with Crippen LogP contribution in [0.5, 0.6) is 0 Å². The SMILES string of the molecule is C=CCSc1c(-c2n[nH][n+](-c3ccccc3)n2)c(C)nn1-c1ccccc1. The third-order valence-electron chi connectivity index (χ3n) is 4.03. The van der Waals surface area contributed by atoms with Crippen molar-refractivity contribution in [3.05, 3.63) is 79.0 Å². The fraction of sp³-hybridized carbons (Fsp3) is 0.100. The maximum atomic E-state index is 4.75. The van der Waals surface area contributed by atoms with Crippen molar-refractivity contribution in [2.45, 2.75) is 11.9 Å². The normalized spacial score (nSPS) is 10.9. The Hall–Kier alpha value is -3.19. The van der Waals surface area contributed by atoms with E-state index in [4.69, 9.17) is 5.10 Å². The number of benzene rings is 2. The Bertz CT molecular complexity index is 1050. The average Bonchev–Trinajstić information content (AvgIpc) is 3.32. The van der Waals surface area contributed by atoms with Crippen molar-refractivity contribution >= 4 is 11.8 Å². The van der Waals surface area contributed by atoms with Crippen LogP contribution < -0.4 is 4.80 Å². The molecule has 0 spiro atoms. The molecule has 2 aromatic heterocycles. The van der Waals surface area contributed by atoms with Crippen LogP contribution >= 0.6 is 11.8 Å². The maximum Gasteiger partial charge on any atom is 0.343 e. The van der Waals surface area contributed by atoms with Gasteiger partial charge >= 0.3 is 5.82 Å². The Morgan fingerprint density at radius 1 is 1.11 bits per heavy atom. The molecule has 0 aliphatic carbocycles. The number of para-hydroxylation sites is 2. The number of aromatic nitrogens is 6. The van der Waals surface area contributed by atoms with Crippen LogP contribution in [0.2, 0.25) is 0 Å². The van der Waals surface area contributed by atoms with Gasteiger partial charge in [0.2, 0.25) is 0 Å². The molecule has 2 heterocycles. The molecule has 0 radical (unpaired) electrons. The van der Waals surface area contributed by atoms with E-state index in [1.807, 2.05) is 78.3 Å². The molecule has 134 valence electrons. The van der Waals surface area contributed by atoms with Crippen molar-refractivity contribution < 1.29 is 4.80 Å². The zero-order valence-electron chi connectivity index (χ0n) is 14.9. The summed E-state index contributed by atoms with van der Waals surface area (Å²) in [6.45, 7) is 5.82. The van der Waals surface area contributed by atoms with Crippen LogP contribution in [0.15, 0.2) is 78.3 Å². The molecule has 4 aromatic rings. The number of tetrazole rings is 1. The first kappa shape index (κ1) is 17.2. The lowest BCUT2D eigenvalue weighted by Crippen LogP contribution is -2.35. The fourth-order valence-electron chi connectivity index (χ4n) is 2.80. The van der Waals surface area contributed by atoms with Crippen LogP contribution in [0.1, 0.15) is 5.69 Å².